The summed E-state index contributed by atoms with van der Waals surface area (Å²) in [6.07, 6.45) is 4.69. The second-order valence-electron chi connectivity index (χ2n) is 8.71. The lowest BCUT2D eigenvalue weighted by Gasteiger charge is -2.36. The number of nitrogens with zero attached hydrogens (tertiary/aromatic N) is 1. The normalized spacial score (nSPS) is 20.2. The first-order chi connectivity index (χ1) is 14.9. The van der Waals surface area contributed by atoms with E-state index in [1.54, 1.807) is 25.1 Å². The smallest absolute Gasteiger partial charge is 0.337 e. The van der Waals surface area contributed by atoms with Crippen LogP contribution in [0.15, 0.2) is 42.5 Å². The van der Waals surface area contributed by atoms with E-state index in [0.29, 0.717) is 17.7 Å². The molecule has 0 radical (unpaired) electrons. The van der Waals surface area contributed by atoms with Crippen molar-refractivity contribution in [1.82, 2.24) is 10.2 Å². The van der Waals surface area contributed by atoms with Crippen LogP contribution in [-0.4, -0.2) is 36.5 Å². The standard InChI is InChI=1S/C25H29FN2O3/c1-17-15-18(6-11-21(17)26)16-28-14-4-3-5-22(28)23(29)27-25(12-13-25)20-9-7-19(8-10-20)24(30)31-2/h6-11,15,22H,3-5,12-14,16H2,1-2H3,(H,27,29). The Morgan fingerprint density at radius 3 is 2.55 bits per heavy atom. The van der Waals surface area contributed by atoms with Crippen LogP contribution < -0.4 is 5.32 Å². The molecule has 1 heterocycles. The van der Waals surface area contributed by atoms with Gasteiger partial charge in [0, 0.05) is 6.54 Å². The van der Waals surface area contributed by atoms with Crippen LogP contribution in [0.3, 0.4) is 0 Å². The van der Waals surface area contributed by atoms with Crippen molar-refractivity contribution < 1.29 is 18.7 Å². The average molecular weight is 425 g/mol. The van der Waals surface area contributed by atoms with Gasteiger partial charge in [-0.3, -0.25) is 9.69 Å². The third kappa shape index (κ3) is 4.64. The molecule has 0 aromatic heterocycles. The number of benzene rings is 2. The molecule has 6 heteroatoms. The first-order valence-electron chi connectivity index (χ1n) is 10.9. The number of halogens is 1. The van der Waals surface area contributed by atoms with Gasteiger partial charge in [-0.1, -0.05) is 30.7 Å². The fourth-order valence-corrected chi connectivity index (χ4v) is 4.49. The zero-order valence-corrected chi connectivity index (χ0v) is 18.1. The molecule has 1 atom stereocenters. The second-order valence-corrected chi connectivity index (χ2v) is 8.71. The highest BCUT2D eigenvalue weighted by molar-refractivity contribution is 5.89. The first kappa shape index (κ1) is 21.5. The summed E-state index contributed by atoms with van der Waals surface area (Å²) in [5.74, 6) is -0.520. The van der Waals surface area contributed by atoms with Crippen molar-refractivity contribution >= 4 is 11.9 Å². The molecule has 1 N–H and O–H groups in total. The Labute approximate surface area is 182 Å². The van der Waals surface area contributed by atoms with E-state index in [2.05, 4.69) is 10.2 Å². The molecule has 1 unspecified atom stereocenters. The Bertz CT molecular complexity index is 969. The topological polar surface area (TPSA) is 58.6 Å². The molecule has 1 amide bonds. The summed E-state index contributed by atoms with van der Waals surface area (Å²) in [5, 5.41) is 3.30. The van der Waals surface area contributed by atoms with E-state index < -0.39 is 0 Å². The van der Waals surface area contributed by atoms with Gasteiger partial charge in [-0.25, -0.2) is 9.18 Å². The van der Waals surface area contributed by atoms with Gasteiger partial charge in [-0.05, 0) is 74.0 Å². The third-order valence-electron chi connectivity index (χ3n) is 6.50. The summed E-state index contributed by atoms with van der Waals surface area (Å²) >= 11 is 0. The summed E-state index contributed by atoms with van der Waals surface area (Å²) in [6.45, 7) is 3.26. The average Bonchev–Trinajstić information content (AvgIpc) is 3.56. The molecule has 1 saturated carbocycles. The summed E-state index contributed by atoms with van der Waals surface area (Å²) in [7, 11) is 1.36. The SMILES string of the molecule is COC(=O)c1ccc(C2(NC(=O)C3CCCCN3Cc3ccc(F)c(C)c3)CC2)cc1. The number of likely N-dealkylation sites (tertiary alicyclic amines) is 1. The largest absolute Gasteiger partial charge is 0.465 e. The van der Waals surface area contributed by atoms with Crippen LogP contribution in [0, 0.1) is 12.7 Å². The Morgan fingerprint density at radius 2 is 1.90 bits per heavy atom. The van der Waals surface area contributed by atoms with Crippen LogP contribution in [0.4, 0.5) is 4.39 Å². The summed E-state index contributed by atoms with van der Waals surface area (Å²) in [5.41, 5.74) is 2.83. The van der Waals surface area contributed by atoms with Gasteiger partial charge in [0.15, 0.2) is 0 Å². The van der Waals surface area contributed by atoms with E-state index in [-0.39, 0.29) is 29.3 Å². The first-order valence-corrected chi connectivity index (χ1v) is 10.9. The van der Waals surface area contributed by atoms with Crippen LogP contribution >= 0.6 is 0 Å². The molecule has 1 saturated heterocycles. The van der Waals surface area contributed by atoms with E-state index in [4.69, 9.17) is 4.74 Å². The molecule has 0 spiro atoms. The lowest BCUT2D eigenvalue weighted by atomic mass is 9.98. The van der Waals surface area contributed by atoms with E-state index in [1.807, 2.05) is 18.2 Å². The number of piperidine rings is 1. The number of aryl methyl sites for hydroxylation is 1. The molecule has 31 heavy (non-hydrogen) atoms. The summed E-state index contributed by atoms with van der Waals surface area (Å²) in [6, 6.07) is 12.3. The van der Waals surface area contributed by atoms with Crippen LogP contribution in [0.2, 0.25) is 0 Å². The number of carbonyl (C=O) groups is 2. The Hall–Kier alpha value is -2.73. The highest BCUT2D eigenvalue weighted by Gasteiger charge is 2.47. The molecule has 1 aliphatic carbocycles. The Morgan fingerprint density at radius 1 is 1.16 bits per heavy atom. The number of nitrogens with one attached hydrogen (secondary N) is 1. The fraction of sp³-hybridized carbons (Fsp3) is 0.440. The maximum atomic E-state index is 13.6. The van der Waals surface area contributed by atoms with E-state index in [1.165, 1.54) is 13.2 Å². The van der Waals surface area contributed by atoms with E-state index in [9.17, 15) is 14.0 Å². The van der Waals surface area contributed by atoms with E-state index in [0.717, 1.165) is 49.8 Å². The molecule has 2 aromatic rings. The number of hydrogen-bond donors (Lipinski definition) is 1. The van der Waals surface area contributed by atoms with Crippen molar-refractivity contribution in [2.75, 3.05) is 13.7 Å². The van der Waals surface area contributed by atoms with Gasteiger partial charge in [-0.2, -0.15) is 0 Å². The third-order valence-corrected chi connectivity index (χ3v) is 6.50. The van der Waals surface area contributed by atoms with Crippen LogP contribution in [0.5, 0.6) is 0 Å². The molecule has 1 aliphatic heterocycles. The molecule has 2 aromatic carbocycles. The molecular weight excluding hydrogens is 395 g/mol. The van der Waals surface area contributed by atoms with Crippen molar-refractivity contribution in [3.63, 3.8) is 0 Å². The zero-order valence-electron chi connectivity index (χ0n) is 18.1. The lowest BCUT2D eigenvalue weighted by molar-refractivity contribution is -0.129. The molecule has 2 aliphatic rings. The minimum absolute atomic E-state index is 0.0491. The Kier molecular flexibility index (Phi) is 6.10. The molecular formula is C25H29FN2O3. The van der Waals surface area contributed by atoms with E-state index >= 15 is 0 Å². The number of ether oxygens (including phenoxy) is 1. The number of carbonyl (C=O) groups excluding carboxylic acids is 2. The minimum atomic E-state index is -0.366. The predicted molar refractivity (Wildman–Crippen MR) is 116 cm³/mol. The van der Waals surface area contributed by atoms with Gasteiger partial charge in [0.1, 0.15) is 5.82 Å². The van der Waals surface area contributed by atoms with Gasteiger partial charge in [0.05, 0.1) is 24.3 Å². The number of hydrogen-bond acceptors (Lipinski definition) is 4. The summed E-state index contributed by atoms with van der Waals surface area (Å²) < 4.78 is 18.4. The maximum Gasteiger partial charge on any atom is 0.337 e. The fourth-order valence-electron chi connectivity index (χ4n) is 4.49. The predicted octanol–water partition coefficient (Wildman–Crippen LogP) is 4.08. The van der Waals surface area contributed by atoms with Crippen molar-refractivity contribution in [2.24, 2.45) is 0 Å². The maximum absolute atomic E-state index is 13.6. The van der Waals surface area contributed by atoms with Gasteiger partial charge in [-0.15, -0.1) is 0 Å². The lowest BCUT2D eigenvalue weighted by Crippen LogP contribution is -2.51. The number of amides is 1. The monoisotopic (exact) mass is 424 g/mol. The number of rotatable bonds is 6. The highest BCUT2D eigenvalue weighted by atomic mass is 19.1. The number of esters is 1. The molecule has 5 nitrogen and oxygen atoms in total. The molecule has 2 fully saturated rings. The van der Waals surface area contributed by atoms with Crippen molar-refractivity contribution in [2.45, 2.75) is 57.2 Å². The Balaban J connectivity index is 1.45. The van der Waals surface area contributed by atoms with Crippen LogP contribution in [0.25, 0.3) is 0 Å². The highest BCUT2D eigenvalue weighted by Crippen LogP contribution is 2.45. The van der Waals surface area contributed by atoms with Crippen molar-refractivity contribution in [3.8, 4) is 0 Å². The second kappa shape index (κ2) is 8.79. The van der Waals surface area contributed by atoms with Gasteiger partial charge >= 0.3 is 5.97 Å². The van der Waals surface area contributed by atoms with Gasteiger partial charge in [0.2, 0.25) is 5.91 Å². The molecule has 4 rings (SSSR count). The van der Waals surface area contributed by atoms with Crippen LogP contribution in [-0.2, 0) is 21.6 Å². The van der Waals surface area contributed by atoms with Gasteiger partial charge < -0.3 is 10.1 Å². The van der Waals surface area contributed by atoms with Gasteiger partial charge in [0.25, 0.3) is 0 Å². The van der Waals surface area contributed by atoms with Crippen molar-refractivity contribution in [3.05, 3.63) is 70.5 Å². The minimum Gasteiger partial charge on any atom is -0.465 e. The number of methoxy groups -OCH3 is 1. The van der Waals surface area contributed by atoms with Crippen LogP contribution in [0.1, 0.15) is 59.2 Å². The zero-order chi connectivity index (χ0) is 22.0. The van der Waals surface area contributed by atoms with Crippen molar-refractivity contribution in [1.29, 1.82) is 0 Å². The summed E-state index contributed by atoms with van der Waals surface area (Å²) in [4.78, 5) is 27.2. The molecule has 0 bridgehead atoms. The molecule has 164 valence electrons. The quantitative estimate of drug-likeness (QED) is 0.710.